The minimum atomic E-state index is -0.664. The van der Waals surface area contributed by atoms with E-state index in [1.165, 1.54) is 6.08 Å². The third-order valence-electron chi connectivity index (χ3n) is 3.32. The maximum absolute atomic E-state index is 12.3. The zero-order valence-electron chi connectivity index (χ0n) is 14.1. The van der Waals surface area contributed by atoms with Gasteiger partial charge in [-0.05, 0) is 24.3 Å². The number of carbonyl (C=O) groups is 3. The smallest absolute Gasteiger partial charge is 0.344 e. The van der Waals surface area contributed by atoms with Gasteiger partial charge >= 0.3 is 5.97 Å². The topological polar surface area (TPSA) is 81.7 Å². The van der Waals surface area contributed by atoms with E-state index in [0.29, 0.717) is 23.4 Å². The molecule has 0 fully saturated rings. The lowest BCUT2D eigenvalue weighted by Crippen LogP contribution is -2.29. The number of carbonyl (C=O) groups excluding carboxylic acids is 3. The summed E-state index contributed by atoms with van der Waals surface area (Å²) in [6, 6.07) is 15.4. The molecule has 134 valence electrons. The van der Waals surface area contributed by atoms with Crippen LogP contribution < -0.4 is 10.1 Å². The van der Waals surface area contributed by atoms with E-state index >= 15 is 0 Å². The Hall–Kier alpha value is -3.41. The molecule has 0 saturated carbocycles. The third-order valence-corrected chi connectivity index (χ3v) is 3.32. The highest BCUT2D eigenvalue weighted by atomic mass is 16.6. The van der Waals surface area contributed by atoms with Crippen molar-refractivity contribution in [2.24, 2.45) is 0 Å². The number of nitrogens with one attached hydrogen (secondary N) is 1. The van der Waals surface area contributed by atoms with Crippen LogP contribution in [0.4, 0.5) is 0 Å². The lowest BCUT2D eigenvalue weighted by molar-refractivity contribution is -0.150. The summed E-state index contributed by atoms with van der Waals surface area (Å²) in [5, 5.41) is 2.48. The molecule has 0 aromatic heterocycles. The van der Waals surface area contributed by atoms with Crippen LogP contribution in [0.5, 0.6) is 5.75 Å². The summed E-state index contributed by atoms with van der Waals surface area (Å²) < 4.78 is 10.1. The molecule has 0 aliphatic rings. The largest absolute Gasteiger partial charge is 0.482 e. The fourth-order valence-corrected chi connectivity index (χ4v) is 2.03. The van der Waals surface area contributed by atoms with E-state index < -0.39 is 11.9 Å². The molecule has 2 rings (SSSR count). The Bertz CT molecular complexity index is 769. The molecule has 6 heteroatoms. The molecule has 0 atom stereocenters. The molecule has 0 heterocycles. The van der Waals surface area contributed by atoms with Gasteiger partial charge in [-0.2, -0.15) is 0 Å². The van der Waals surface area contributed by atoms with Gasteiger partial charge in [-0.25, -0.2) is 4.79 Å². The maximum atomic E-state index is 12.3. The van der Waals surface area contributed by atoms with Gasteiger partial charge in [-0.1, -0.05) is 36.4 Å². The quantitative estimate of drug-likeness (QED) is 0.424. The molecule has 6 nitrogen and oxygen atoms in total. The molecule has 0 aliphatic carbocycles. The fraction of sp³-hybridized carbons (Fsp3) is 0.150. The molecule has 0 radical (unpaired) electrons. The normalized spacial score (nSPS) is 9.85. The lowest BCUT2D eigenvalue weighted by atomic mass is 10.0. The first-order chi connectivity index (χ1) is 12.6. The van der Waals surface area contributed by atoms with Crippen molar-refractivity contribution in [2.75, 3.05) is 19.8 Å². The van der Waals surface area contributed by atoms with Crippen molar-refractivity contribution < 1.29 is 23.9 Å². The number of ether oxygens (including phenoxy) is 2. The number of hydrogen-bond acceptors (Lipinski definition) is 5. The van der Waals surface area contributed by atoms with E-state index in [1.807, 2.05) is 6.07 Å². The number of ketones is 1. The molecule has 0 saturated heterocycles. The predicted octanol–water partition coefficient (Wildman–Crippen LogP) is 2.14. The van der Waals surface area contributed by atoms with E-state index in [1.54, 1.807) is 48.5 Å². The van der Waals surface area contributed by atoms with Gasteiger partial charge in [0.25, 0.3) is 5.91 Å². The Balaban J connectivity index is 1.80. The standard InChI is InChI=1S/C20H19NO5/c1-2-12-21-18(22)13-26-19(23)14-25-17-10-8-16(9-11-17)20(24)15-6-4-3-5-7-15/h2-11H,1,12-14H2,(H,21,22). The van der Waals surface area contributed by atoms with Crippen LogP contribution in [-0.4, -0.2) is 37.4 Å². The van der Waals surface area contributed by atoms with Crippen LogP contribution in [0.25, 0.3) is 0 Å². The summed E-state index contributed by atoms with van der Waals surface area (Å²) in [7, 11) is 0. The Labute approximate surface area is 151 Å². The second kappa shape index (κ2) is 9.78. The van der Waals surface area contributed by atoms with Crippen molar-refractivity contribution in [3.8, 4) is 5.75 Å². The van der Waals surface area contributed by atoms with Crippen molar-refractivity contribution in [3.05, 3.63) is 78.4 Å². The van der Waals surface area contributed by atoms with Gasteiger partial charge in [-0.3, -0.25) is 9.59 Å². The average molecular weight is 353 g/mol. The van der Waals surface area contributed by atoms with E-state index in [2.05, 4.69) is 11.9 Å². The number of rotatable bonds is 9. The third kappa shape index (κ3) is 5.90. The number of amides is 1. The lowest BCUT2D eigenvalue weighted by Gasteiger charge is -2.08. The van der Waals surface area contributed by atoms with Gasteiger partial charge in [0.1, 0.15) is 5.75 Å². The zero-order valence-corrected chi connectivity index (χ0v) is 14.1. The first-order valence-corrected chi connectivity index (χ1v) is 7.96. The van der Waals surface area contributed by atoms with Crippen LogP contribution >= 0.6 is 0 Å². The Morgan fingerprint density at radius 3 is 2.23 bits per heavy atom. The predicted molar refractivity (Wildman–Crippen MR) is 96.0 cm³/mol. The highest BCUT2D eigenvalue weighted by Crippen LogP contribution is 2.15. The van der Waals surface area contributed by atoms with Crippen molar-refractivity contribution >= 4 is 17.7 Å². The van der Waals surface area contributed by atoms with Gasteiger partial charge in [0.2, 0.25) is 0 Å². The molecule has 0 aliphatic heterocycles. The van der Waals surface area contributed by atoms with E-state index in [4.69, 9.17) is 9.47 Å². The molecule has 1 N–H and O–H groups in total. The molecule has 2 aromatic carbocycles. The van der Waals surface area contributed by atoms with Gasteiger partial charge in [-0.15, -0.1) is 6.58 Å². The highest BCUT2D eigenvalue weighted by Gasteiger charge is 2.10. The summed E-state index contributed by atoms with van der Waals surface area (Å²) >= 11 is 0. The summed E-state index contributed by atoms with van der Waals surface area (Å²) in [4.78, 5) is 35.1. The number of hydrogen-bond donors (Lipinski definition) is 1. The maximum Gasteiger partial charge on any atom is 0.344 e. The first-order valence-electron chi connectivity index (χ1n) is 7.96. The first kappa shape index (κ1) is 18.9. The molecular formula is C20H19NO5. The van der Waals surface area contributed by atoms with Crippen LogP contribution in [-0.2, 0) is 14.3 Å². The van der Waals surface area contributed by atoms with Crippen LogP contribution in [0.15, 0.2) is 67.3 Å². The van der Waals surface area contributed by atoms with Crippen LogP contribution in [0.1, 0.15) is 15.9 Å². The molecule has 1 amide bonds. The molecule has 2 aromatic rings. The highest BCUT2D eigenvalue weighted by molar-refractivity contribution is 6.08. The van der Waals surface area contributed by atoms with Crippen LogP contribution in [0, 0.1) is 0 Å². The fourth-order valence-electron chi connectivity index (χ4n) is 2.03. The van der Waals surface area contributed by atoms with E-state index in [-0.39, 0.29) is 19.0 Å². The Morgan fingerprint density at radius 1 is 0.923 bits per heavy atom. The Morgan fingerprint density at radius 2 is 1.58 bits per heavy atom. The van der Waals surface area contributed by atoms with Crippen LogP contribution in [0.3, 0.4) is 0 Å². The molecule has 26 heavy (non-hydrogen) atoms. The monoisotopic (exact) mass is 353 g/mol. The van der Waals surface area contributed by atoms with Crippen molar-refractivity contribution in [1.29, 1.82) is 0 Å². The number of benzene rings is 2. The SMILES string of the molecule is C=CCNC(=O)COC(=O)COc1ccc(C(=O)c2ccccc2)cc1. The summed E-state index contributed by atoms with van der Waals surface area (Å²) in [5.41, 5.74) is 1.12. The van der Waals surface area contributed by atoms with Gasteiger partial charge < -0.3 is 14.8 Å². The molecular weight excluding hydrogens is 334 g/mol. The minimum absolute atomic E-state index is 0.0953. The van der Waals surface area contributed by atoms with E-state index in [9.17, 15) is 14.4 Å². The molecule has 0 spiro atoms. The minimum Gasteiger partial charge on any atom is -0.482 e. The van der Waals surface area contributed by atoms with Crippen molar-refractivity contribution in [3.63, 3.8) is 0 Å². The number of esters is 1. The van der Waals surface area contributed by atoms with Gasteiger partial charge in [0.05, 0.1) is 0 Å². The second-order valence-corrected chi connectivity index (χ2v) is 5.26. The second-order valence-electron chi connectivity index (χ2n) is 5.26. The Kier molecular flexibility index (Phi) is 7.12. The summed E-state index contributed by atoms with van der Waals surface area (Å²) in [6.45, 7) is 3.06. The van der Waals surface area contributed by atoms with Gasteiger partial charge in [0, 0.05) is 17.7 Å². The summed E-state index contributed by atoms with van der Waals surface area (Å²) in [5.74, 6) is -0.755. The average Bonchev–Trinajstić information content (AvgIpc) is 2.69. The van der Waals surface area contributed by atoms with Crippen LogP contribution in [0.2, 0.25) is 0 Å². The zero-order chi connectivity index (χ0) is 18.8. The summed E-state index contributed by atoms with van der Waals surface area (Å²) in [6.07, 6.45) is 1.52. The van der Waals surface area contributed by atoms with Gasteiger partial charge in [0.15, 0.2) is 19.0 Å². The van der Waals surface area contributed by atoms with Crippen molar-refractivity contribution in [2.45, 2.75) is 0 Å². The van der Waals surface area contributed by atoms with E-state index in [0.717, 1.165) is 0 Å². The molecule has 0 bridgehead atoms. The molecule has 0 unspecified atom stereocenters. The van der Waals surface area contributed by atoms with Crippen molar-refractivity contribution in [1.82, 2.24) is 5.32 Å².